The van der Waals surface area contributed by atoms with Gasteiger partial charge in [0, 0.05) is 30.8 Å². The number of rotatable bonds is 3. The fraction of sp³-hybridized carbons (Fsp3) is 0.667. The first-order chi connectivity index (χ1) is 7.79. The van der Waals surface area contributed by atoms with Crippen LogP contribution < -0.4 is 4.90 Å². The molecule has 1 aliphatic rings. The maximum absolute atomic E-state index is 4.40. The van der Waals surface area contributed by atoms with Crippen molar-refractivity contribution in [1.82, 2.24) is 9.97 Å². The number of aromatic nitrogens is 2. The van der Waals surface area contributed by atoms with E-state index in [1.165, 1.54) is 19.3 Å². The van der Waals surface area contributed by atoms with Gasteiger partial charge in [-0.3, -0.25) is 0 Å². The number of hydrogen-bond acceptors (Lipinski definition) is 3. The van der Waals surface area contributed by atoms with Crippen LogP contribution in [0.4, 0.5) is 5.95 Å². The van der Waals surface area contributed by atoms with Crippen molar-refractivity contribution in [3.8, 4) is 0 Å². The first-order valence-corrected chi connectivity index (χ1v) is 7.01. The summed E-state index contributed by atoms with van der Waals surface area (Å²) in [7, 11) is 0. The smallest absolute Gasteiger partial charge is 0.225 e. The quantitative estimate of drug-likeness (QED) is 0.799. The summed E-state index contributed by atoms with van der Waals surface area (Å²) in [5, 5.41) is 1.10. The molecule has 0 N–H and O–H groups in total. The molecule has 1 atom stereocenters. The van der Waals surface area contributed by atoms with E-state index in [2.05, 4.69) is 30.8 Å². The van der Waals surface area contributed by atoms with Gasteiger partial charge in [-0.15, -0.1) is 0 Å². The predicted molar refractivity (Wildman–Crippen MR) is 70.1 cm³/mol. The normalized spacial score (nSPS) is 21.1. The lowest BCUT2D eigenvalue weighted by Crippen LogP contribution is -2.36. The zero-order valence-corrected chi connectivity index (χ0v) is 11.3. The number of anilines is 1. The van der Waals surface area contributed by atoms with Gasteiger partial charge in [0.15, 0.2) is 0 Å². The fourth-order valence-electron chi connectivity index (χ4n) is 2.19. The van der Waals surface area contributed by atoms with Gasteiger partial charge in [0.25, 0.3) is 0 Å². The third-order valence-electron chi connectivity index (χ3n) is 3.09. The summed E-state index contributed by atoms with van der Waals surface area (Å²) in [6.07, 6.45) is 7.65. The van der Waals surface area contributed by atoms with Crippen molar-refractivity contribution in [2.75, 3.05) is 23.3 Å². The Hall–Kier alpha value is -0.640. The first kappa shape index (κ1) is 11.8. The standard InChI is InChI=1S/C12H18BrN3/c1-10-7-14-12(15-8-10)16-6-2-3-11(9-16)4-5-13/h7-8,11H,2-6,9H2,1H3. The van der Waals surface area contributed by atoms with Crippen molar-refractivity contribution in [3.63, 3.8) is 0 Å². The molecule has 1 aromatic rings. The van der Waals surface area contributed by atoms with Crippen LogP contribution in [0.1, 0.15) is 24.8 Å². The SMILES string of the molecule is Cc1cnc(N2CCCC(CCBr)C2)nc1. The molecular weight excluding hydrogens is 266 g/mol. The van der Waals surface area contributed by atoms with Crippen LogP contribution in [0, 0.1) is 12.8 Å². The molecule has 1 unspecified atom stereocenters. The van der Waals surface area contributed by atoms with Crippen molar-refractivity contribution in [2.45, 2.75) is 26.2 Å². The van der Waals surface area contributed by atoms with E-state index in [9.17, 15) is 0 Å². The maximum Gasteiger partial charge on any atom is 0.225 e. The largest absolute Gasteiger partial charge is 0.341 e. The summed E-state index contributed by atoms with van der Waals surface area (Å²) < 4.78 is 0. The molecule has 3 nitrogen and oxygen atoms in total. The van der Waals surface area contributed by atoms with Gasteiger partial charge in [0.05, 0.1) is 0 Å². The highest BCUT2D eigenvalue weighted by molar-refractivity contribution is 9.09. The van der Waals surface area contributed by atoms with Crippen molar-refractivity contribution < 1.29 is 0 Å². The Kier molecular flexibility index (Phi) is 4.16. The van der Waals surface area contributed by atoms with E-state index in [4.69, 9.17) is 0 Å². The zero-order valence-electron chi connectivity index (χ0n) is 9.69. The van der Waals surface area contributed by atoms with Crippen LogP contribution in [0.25, 0.3) is 0 Å². The van der Waals surface area contributed by atoms with Gasteiger partial charge < -0.3 is 4.90 Å². The van der Waals surface area contributed by atoms with E-state index in [0.717, 1.165) is 35.8 Å². The van der Waals surface area contributed by atoms with Crippen LogP contribution in [0.2, 0.25) is 0 Å². The summed E-state index contributed by atoms with van der Waals surface area (Å²) >= 11 is 3.52. The van der Waals surface area contributed by atoms with Gasteiger partial charge in [-0.05, 0) is 37.7 Å². The van der Waals surface area contributed by atoms with Crippen LogP contribution in [0.3, 0.4) is 0 Å². The van der Waals surface area contributed by atoms with E-state index >= 15 is 0 Å². The molecule has 2 heterocycles. The average Bonchev–Trinajstić information content (AvgIpc) is 2.31. The van der Waals surface area contributed by atoms with Gasteiger partial charge in [0.1, 0.15) is 0 Å². The Bertz CT molecular complexity index is 324. The topological polar surface area (TPSA) is 29.0 Å². The van der Waals surface area contributed by atoms with Crippen molar-refractivity contribution in [2.24, 2.45) is 5.92 Å². The third kappa shape index (κ3) is 2.94. The minimum Gasteiger partial charge on any atom is -0.341 e. The molecule has 1 aromatic heterocycles. The number of hydrogen-bond donors (Lipinski definition) is 0. The summed E-state index contributed by atoms with van der Waals surface area (Å²) in [5.74, 6) is 1.68. The molecule has 1 saturated heterocycles. The molecule has 4 heteroatoms. The second-order valence-electron chi connectivity index (χ2n) is 4.49. The van der Waals surface area contributed by atoms with Crippen molar-refractivity contribution in [1.29, 1.82) is 0 Å². The fourth-order valence-corrected chi connectivity index (χ4v) is 2.83. The van der Waals surface area contributed by atoms with Crippen LogP contribution >= 0.6 is 15.9 Å². The number of piperidine rings is 1. The highest BCUT2D eigenvalue weighted by Crippen LogP contribution is 2.22. The molecule has 88 valence electrons. The molecule has 16 heavy (non-hydrogen) atoms. The van der Waals surface area contributed by atoms with Gasteiger partial charge in [-0.1, -0.05) is 15.9 Å². The van der Waals surface area contributed by atoms with Crippen LogP contribution in [-0.2, 0) is 0 Å². The lowest BCUT2D eigenvalue weighted by atomic mass is 9.96. The molecule has 1 fully saturated rings. The van der Waals surface area contributed by atoms with E-state index in [1.807, 2.05) is 19.3 Å². The van der Waals surface area contributed by atoms with Crippen LogP contribution in [-0.4, -0.2) is 28.4 Å². The molecule has 0 aromatic carbocycles. The molecule has 0 spiro atoms. The predicted octanol–water partition coefficient (Wildman–Crippen LogP) is 2.79. The molecule has 1 aliphatic heterocycles. The summed E-state index contributed by atoms with van der Waals surface area (Å²) in [6, 6.07) is 0. The number of aryl methyl sites for hydroxylation is 1. The Labute approximate surface area is 105 Å². The first-order valence-electron chi connectivity index (χ1n) is 5.89. The second kappa shape index (κ2) is 5.62. The van der Waals surface area contributed by atoms with Gasteiger partial charge in [-0.2, -0.15) is 0 Å². The molecular formula is C12H18BrN3. The van der Waals surface area contributed by atoms with Crippen LogP contribution in [0.5, 0.6) is 0 Å². The Morgan fingerprint density at radius 1 is 1.44 bits per heavy atom. The van der Waals surface area contributed by atoms with E-state index in [1.54, 1.807) is 0 Å². The van der Waals surface area contributed by atoms with E-state index < -0.39 is 0 Å². The minimum absolute atomic E-state index is 0.790. The third-order valence-corrected chi connectivity index (χ3v) is 3.54. The summed E-state index contributed by atoms with van der Waals surface area (Å²) in [4.78, 5) is 11.1. The van der Waals surface area contributed by atoms with Gasteiger partial charge in [0.2, 0.25) is 5.95 Å². The highest BCUT2D eigenvalue weighted by Gasteiger charge is 2.20. The van der Waals surface area contributed by atoms with Crippen molar-refractivity contribution in [3.05, 3.63) is 18.0 Å². The molecule has 0 saturated carbocycles. The summed E-state index contributed by atoms with van der Waals surface area (Å²) in [5.41, 5.74) is 1.12. The Morgan fingerprint density at radius 3 is 2.88 bits per heavy atom. The van der Waals surface area contributed by atoms with Gasteiger partial charge >= 0.3 is 0 Å². The average molecular weight is 284 g/mol. The van der Waals surface area contributed by atoms with E-state index in [-0.39, 0.29) is 0 Å². The Morgan fingerprint density at radius 2 is 2.19 bits per heavy atom. The number of alkyl halides is 1. The second-order valence-corrected chi connectivity index (χ2v) is 5.29. The Balaban J connectivity index is 2.01. The van der Waals surface area contributed by atoms with Crippen molar-refractivity contribution >= 4 is 21.9 Å². The minimum atomic E-state index is 0.790. The molecule has 2 rings (SSSR count). The number of halogens is 1. The lowest BCUT2D eigenvalue weighted by Gasteiger charge is -2.32. The molecule has 0 amide bonds. The number of nitrogens with zero attached hydrogens (tertiary/aromatic N) is 3. The maximum atomic E-state index is 4.40. The van der Waals surface area contributed by atoms with E-state index in [0.29, 0.717) is 0 Å². The van der Waals surface area contributed by atoms with Crippen LogP contribution in [0.15, 0.2) is 12.4 Å². The highest BCUT2D eigenvalue weighted by atomic mass is 79.9. The summed E-state index contributed by atoms with van der Waals surface area (Å²) in [6.45, 7) is 4.23. The lowest BCUT2D eigenvalue weighted by molar-refractivity contribution is 0.404. The molecule has 0 radical (unpaired) electrons. The molecule has 0 aliphatic carbocycles. The monoisotopic (exact) mass is 283 g/mol. The zero-order chi connectivity index (χ0) is 11.4. The molecule has 0 bridgehead atoms. The van der Waals surface area contributed by atoms with Gasteiger partial charge in [-0.25, -0.2) is 9.97 Å².